The van der Waals surface area contributed by atoms with Crippen molar-refractivity contribution in [3.8, 4) is 11.5 Å². The summed E-state index contributed by atoms with van der Waals surface area (Å²) in [5.41, 5.74) is 1.26. The number of benzene rings is 1. The van der Waals surface area contributed by atoms with Gasteiger partial charge in [0.05, 0.1) is 0 Å². The molecule has 1 aromatic carbocycles. The van der Waals surface area contributed by atoms with E-state index in [-0.39, 0.29) is 0 Å². The molecule has 4 heteroatoms. The van der Waals surface area contributed by atoms with Crippen molar-refractivity contribution in [1.82, 2.24) is 10.2 Å². The highest BCUT2D eigenvalue weighted by Crippen LogP contribution is 2.32. The molecule has 1 saturated heterocycles. The van der Waals surface area contributed by atoms with Crippen LogP contribution in [0.15, 0.2) is 18.2 Å². The maximum atomic E-state index is 5.38. The zero-order valence-electron chi connectivity index (χ0n) is 10.8. The van der Waals surface area contributed by atoms with Gasteiger partial charge in [0.1, 0.15) is 0 Å². The molecule has 0 aliphatic carbocycles. The zero-order valence-corrected chi connectivity index (χ0v) is 10.8. The lowest BCUT2D eigenvalue weighted by Crippen LogP contribution is -2.24. The molecule has 0 amide bonds. The van der Waals surface area contributed by atoms with E-state index >= 15 is 0 Å². The lowest BCUT2D eigenvalue weighted by molar-refractivity contribution is 0.174. The highest BCUT2D eigenvalue weighted by molar-refractivity contribution is 5.44. The Morgan fingerprint density at radius 2 is 2.22 bits per heavy atom. The van der Waals surface area contributed by atoms with E-state index < -0.39 is 0 Å². The van der Waals surface area contributed by atoms with Crippen molar-refractivity contribution in [3.63, 3.8) is 0 Å². The molecule has 0 saturated carbocycles. The van der Waals surface area contributed by atoms with Gasteiger partial charge in [0, 0.05) is 13.1 Å². The number of nitrogens with zero attached hydrogens (tertiary/aromatic N) is 1. The van der Waals surface area contributed by atoms with E-state index in [4.69, 9.17) is 9.47 Å². The van der Waals surface area contributed by atoms with E-state index in [1.54, 1.807) is 0 Å². The Bertz CT molecular complexity index is 422. The summed E-state index contributed by atoms with van der Waals surface area (Å²) < 4.78 is 10.7. The summed E-state index contributed by atoms with van der Waals surface area (Å²) in [6, 6.07) is 6.15. The molecule has 0 aromatic heterocycles. The van der Waals surface area contributed by atoms with Gasteiger partial charge in [-0.3, -0.25) is 0 Å². The molecule has 0 bridgehead atoms. The fraction of sp³-hybridized carbons (Fsp3) is 0.571. The second-order valence-electron chi connectivity index (χ2n) is 5.24. The molecule has 3 rings (SSSR count). The number of hydrogen-bond acceptors (Lipinski definition) is 4. The summed E-state index contributed by atoms with van der Waals surface area (Å²) >= 11 is 0. The SMILES string of the molecule is CN1CCC(CNCc2ccc3c(c2)OCO3)C1. The monoisotopic (exact) mass is 248 g/mol. The van der Waals surface area contributed by atoms with Gasteiger partial charge in [-0.2, -0.15) is 0 Å². The van der Waals surface area contributed by atoms with E-state index in [0.717, 1.165) is 30.5 Å². The van der Waals surface area contributed by atoms with Gasteiger partial charge in [0.2, 0.25) is 6.79 Å². The van der Waals surface area contributed by atoms with Gasteiger partial charge in [-0.25, -0.2) is 0 Å². The predicted octanol–water partition coefficient (Wildman–Crippen LogP) is 1.46. The van der Waals surface area contributed by atoms with Crippen LogP contribution >= 0.6 is 0 Å². The molecule has 98 valence electrons. The Morgan fingerprint density at radius 1 is 1.33 bits per heavy atom. The van der Waals surface area contributed by atoms with Crippen LogP contribution in [0.5, 0.6) is 11.5 Å². The second kappa shape index (κ2) is 5.16. The fourth-order valence-corrected chi connectivity index (χ4v) is 2.66. The summed E-state index contributed by atoms with van der Waals surface area (Å²) in [6.45, 7) is 4.79. The van der Waals surface area contributed by atoms with Gasteiger partial charge in [-0.1, -0.05) is 6.07 Å². The Labute approximate surface area is 108 Å². The number of likely N-dealkylation sites (tertiary alicyclic amines) is 1. The lowest BCUT2D eigenvalue weighted by Gasteiger charge is -2.11. The van der Waals surface area contributed by atoms with Crippen LogP contribution in [0.2, 0.25) is 0 Å². The Balaban J connectivity index is 1.48. The number of rotatable bonds is 4. The predicted molar refractivity (Wildman–Crippen MR) is 69.9 cm³/mol. The summed E-state index contributed by atoms with van der Waals surface area (Å²) in [5.74, 6) is 2.52. The fourth-order valence-electron chi connectivity index (χ4n) is 2.66. The molecular weight excluding hydrogens is 228 g/mol. The zero-order chi connectivity index (χ0) is 12.4. The minimum atomic E-state index is 0.348. The number of fused-ring (bicyclic) bond motifs is 1. The molecule has 1 unspecified atom stereocenters. The summed E-state index contributed by atoms with van der Waals surface area (Å²) in [7, 11) is 2.19. The van der Waals surface area contributed by atoms with Crippen molar-refractivity contribution in [2.45, 2.75) is 13.0 Å². The third-order valence-electron chi connectivity index (χ3n) is 3.69. The van der Waals surface area contributed by atoms with Gasteiger partial charge in [0.25, 0.3) is 0 Å². The molecule has 4 nitrogen and oxygen atoms in total. The number of hydrogen-bond donors (Lipinski definition) is 1. The molecule has 18 heavy (non-hydrogen) atoms. The third kappa shape index (κ3) is 2.60. The molecule has 0 radical (unpaired) electrons. The highest BCUT2D eigenvalue weighted by atomic mass is 16.7. The average molecular weight is 248 g/mol. The summed E-state index contributed by atoms with van der Waals surface area (Å²) in [5, 5.41) is 3.53. The van der Waals surface area contributed by atoms with E-state index in [2.05, 4.69) is 29.4 Å². The largest absolute Gasteiger partial charge is 0.454 e. The number of nitrogens with one attached hydrogen (secondary N) is 1. The average Bonchev–Trinajstić information content (AvgIpc) is 2.97. The van der Waals surface area contributed by atoms with Gasteiger partial charge >= 0.3 is 0 Å². The third-order valence-corrected chi connectivity index (χ3v) is 3.69. The van der Waals surface area contributed by atoms with Crippen LogP contribution in [0.4, 0.5) is 0 Å². The van der Waals surface area contributed by atoms with Crippen molar-refractivity contribution in [1.29, 1.82) is 0 Å². The molecular formula is C14H20N2O2. The van der Waals surface area contributed by atoms with Crippen molar-refractivity contribution < 1.29 is 9.47 Å². The van der Waals surface area contributed by atoms with Crippen molar-refractivity contribution >= 4 is 0 Å². The van der Waals surface area contributed by atoms with Crippen LogP contribution < -0.4 is 14.8 Å². The second-order valence-corrected chi connectivity index (χ2v) is 5.24. The van der Waals surface area contributed by atoms with Gasteiger partial charge < -0.3 is 19.7 Å². The van der Waals surface area contributed by atoms with Crippen molar-refractivity contribution in [2.24, 2.45) is 5.92 Å². The van der Waals surface area contributed by atoms with Crippen LogP contribution in [0, 0.1) is 5.92 Å². The molecule has 1 atom stereocenters. The van der Waals surface area contributed by atoms with E-state index in [9.17, 15) is 0 Å². The smallest absolute Gasteiger partial charge is 0.231 e. The van der Waals surface area contributed by atoms with Gasteiger partial charge in [-0.15, -0.1) is 0 Å². The van der Waals surface area contributed by atoms with Crippen LogP contribution in [0.3, 0.4) is 0 Å². The van der Waals surface area contributed by atoms with Gasteiger partial charge in [-0.05, 0) is 50.2 Å². The number of ether oxygens (including phenoxy) is 2. The highest BCUT2D eigenvalue weighted by Gasteiger charge is 2.18. The first-order chi connectivity index (χ1) is 8.81. The first-order valence-corrected chi connectivity index (χ1v) is 6.59. The molecule has 1 N–H and O–H groups in total. The van der Waals surface area contributed by atoms with Crippen LogP contribution in [-0.4, -0.2) is 38.4 Å². The Hall–Kier alpha value is -1.26. The maximum Gasteiger partial charge on any atom is 0.231 e. The quantitative estimate of drug-likeness (QED) is 0.874. The van der Waals surface area contributed by atoms with Crippen LogP contribution in [-0.2, 0) is 6.54 Å². The lowest BCUT2D eigenvalue weighted by atomic mass is 10.1. The standard InChI is InChI=1S/C14H20N2O2/c1-16-5-4-12(9-16)8-15-7-11-2-3-13-14(6-11)18-10-17-13/h2-3,6,12,15H,4-5,7-10H2,1H3. The Kier molecular flexibility index (Phi) is 3.39. The molecule has 1 fully saturated rings. The van der Waals surface area contributed by atoms with Gasteiger partial charge in [0.15, 0.2) is 11.5 Å². The minimum Gasteiger partial charge on any atom is -0.454 e. The molecule has 0 spiro atoms. The summed E-state index contributed by atoms with van der Waals surface area (Å²) in [4.78, 5) is 2.40. The van der Waals surface area contributed by atoms with E-state index in [1.807, 2.05) is 6.07 Å². The van der Waals surface area contributed by atoms with Crippen LogP contribution in [0.25, 0.3) is 0 Å². The molecule has 2 heterocycles. The van der Waals surface area contributed by atoms with Crippen molar-refractivity contribution in [2.75, 3.05) is 33.5 Å². The first-order valence-electron chi connectivity index (χ1n) is 6.59. The summed E-state index contributed by atoms with van der Waals surface area (Å²) in [6.07, 6.45) is 1.31. The topological polar surface area (TPSA) is 33.7 Å². The molecule has 1 aromatic rings. The van der Waals surface area contributed by atoms with E-state index in [1.165, 1.54) is 25.1 Å². The van der Waals surface area contributed by atoms with Crippen molar-refractivity contribution in [3.05, 3.63) is 23.8 Å². The minimum absolute atomic E-state index is 0.348. The molecule has 2 aliphatic heterocycles. The first kappa shape index (κ1) is 11.8. The Morgan fingerprint density at radius 3 is 3.06 bits per heavy atom. The van der Waals surface area contributed by atoms with E-state index in [0.29, 0.717) is 6.79 Å². The maximum absolute atomic E-state index is 5.38. The molecule has 2 aliphatic rings. The van der Waals surface area contributed by atoms with Crippen LogP contribution in [0.1, 0.15) is 12.0 Å². The normalized spacial score (nSPS) is 22.6.